The van der Waals surface area contributed by atoms with Crippen LogP contribution in [0.3, 0.4) is 0 Å². The molecule has 0 spiro atoms. The van der Waals surface area contributed by atoms with Crippen molar-refractivity contribution in [1.29, 1.82) is 0 Å². The Morgan fingerprint density at radius 3 is 2.81 bits per heavy atom. The first kappa shape index (κ1) is 13.0. The van der Waals surface area contributed by atoms with Gasteiger partial charge in [-0.1, -0.05) is 13.8 Å². The molecule has 0 aliphatic heterocycles. The number of aromatic nitrogens is 2. The lowest BCUT2D eigenvalue weighted by Gasteiger charge is -2.22. The molecule has 0 saturated carbocycles. The number of nitrogens with zero attached hydrogens (tertiary/aromatic N) is 2. The molecule has 1 atom stereocenters. The van der Waals surface area contributed by atoms with Crippen molar-refractivity contribution in [2.24, 2.45) is 5.92 Å². The molecule has 0 aliphatic carbocycles. The summed E-state index contributed by atoms with van der Waals surface area (Å²) >= 11 is 5.71. The first-order valence-electron chi connectivity index (χ1n) is 5.08. The Hall–Kier alpha value is -1.07. The van der Waals surface area contributed by atoms with Gasteiger partial charge in [0.2, 0.25) is 5.28 Å². The fourth-order valence-electron chi connectivity index (χ4n) is 1.24. The van der Waals surface area contributed by atoms with Crippen LogP contribution in [0, 0.1) is 5.92 Å². The molecule has 0 aliphatic rings. The molecule has 6 heteroatoms. The van der Waals surface area contributed by atoms with Crippen LogP contribution in [0.15, 0.2) is 6.20 Å². The van der Waals surface area contributed by atoms with Crippen molar-refractivity contribution in [3.8, 4) is 0 Å². The van der Waals surface area contributed by atoms with E-state index in [0.29, 0.717) is 24.0 Å². The Kier molecular flexibility index (Phi) is 4.76. The van der Waals surface area contributed by atoms with Gasteiger partial charge in [-0.25, -0.2) is 4.98 Å². The van der Waals surface area contributed by atoms with E-state index >= 15 is 0 Å². The minimum Gasteiger partial charge on any atom is -0.394 e. The lowest BCUT2D eigenvalue weighted by Crippen LogP contribution is -2.31. The van der Waals surface area contributed by atoms with Crippen molar-refractivity contribution in [2.75, 3.05) is 24.8 Å². The maximum absolute atomic E-state index is 5.75. The van der Waals surface area contributed by atoms with Crippen molar-refractivity contribution in [1.82, 2.24) is 9.97 Å². The number of methoxy groups -OCH3 is 1. The number of nitrogens with one attached hydrogen (secondary N) is 1. The van der Waals surface area contributed by atoms with E-state index in [1.165, 1.54) is 6.20 Å². The number of halogens is 1. The van der Waals surface area contributed by atoms with Crippen LogP contribution in [0.5, 0.6) is 0 Å². The summed E-state index contributed by atoms with van der Waals surface area (Å²) in [5, 5.41) is 3.38. The van der Waals surface area contributed by atoms with Crippen LogP contribution in [0.2, 0.25) is 5.28 Å². The smallest absolute Gasteiger partial charge is 0.224 e. The fraction of sp³-hybridized carbons (Fsp3) is 0.600. The van der Waals surface area contributed by atoms with Gasteiger partial charge in [0, 0.05) is 7.11 Å². The SMILES string of the molecule is COCC(Nc1nc(Cl)ncc1N)C(C)C. The van der Waals surface area contributed by atoms with Crippen molar-refractivity contribution in [2.45, 2.75) is 19.9 Å². The highest BCUT2D eigenvalue weighted by Crippen LogP contribution is 2.18. The summed E-state index contributed by atoms with van der Waals surface area (Å²) in [6.45, 7) is 4.77. The second-order valence-electron chi connectivity index (χ2n) is 3.89. The van der Waals surface area contributed by atoms with Crippen LogP contribution < -0.4 is 11.1 Å². The van der Waals surface area contributed by atoms with Gasteiger partial charge in [0.25, 0.3) is 0 Å². The maximum atomic E-state index is 5.75. The van der Waals surface area contributed by atoms with E-state index < -0.39 is 0 Å². The molecule has 0 fully saturated rings. The second kappa shape index (κ2) is 5.86. The highest BCUT2D eigenvalue weighted by atomic mass is 35.5. The Bertz CT molecular complexity index is 346. The highest BCUT2D eigenvalue weighted by molar-refractivity contribution is 6.28. The second-order valence-corrected chi connectivity index (χ2v) is 4.23. The predicted octanol–water partition coefficient (Wildman–Crippen LogP) is 1.80. The number of nitrogens with two attached hydrogens (primary N) is 1. The van der Waals surface area contributed by atoms with E-state index in [0.717, 1.165) is 0 Å². The average molecular weight is 245 g/mol. The molecule has 1 heterocycles. The molecular weight excluding hydrogens is 228 g/mol. The molecule has 16 heavy (non-hydrogen) atoms. The summed E-state index contributed by atoms with van der Waals surface area (Å²) in [5.41, 5.74) is 6.23. The summed E-state index contributed by atoms with van der Waals surface area (Å²) in [7, 11) is 1.66. The standard InChI is InChI=1S/C10H17ClN4O/c1-6(2)8(5-16-3)14-9-7(12)4-13-10(11)15-9/h4,6,8H,5,12H2,1-3H3,(H,13,14,15). The Morgan fingerprint density at radius 1 is 1.56 bits per heavy atom. The van der Waals surface area contributed by atoms with Crippen LogP contribution in [-0.2, 0) is 4.74 Å². The first-order valence-corrected chi connectivity index (χ1v) is 5.46. The highest BCUT2D eigenvalue weighted by Gasteiger charge is 2.15. The van der Waals surface area contributed by atoms with Gasteiger partial charge < -0.3 is 15.8 Å². The van der Waals surface area contributed by atoms with E-state index in [9.17, 15) is 0 Å². The van der Waals surface area contributed by atoms with Gasteiger partial charge in [0.15, 0.2) is 5.82 Å². The van der Waals surface area contributed by atoms with Crippen molar-refractivity contribution >= 4 is 23.1 Å². The van der Waals surface area contributed by atoms with Gasteiger partial charge in [-0.15, -0.1) is 0 Å². The molecule has 3 N–H and O–H groups in total. The molecule has 0 saturated heterocycles. The van der Waals surface area contributed by atoms with E-state index in [1.807, 2.05) is 0 Å². The number of rotatable bonds is 5. The fourth-order valence-corrected chi connectivity index (χ4v) is 1.37. The zero-order valence-electron chi connectivity index (χ0n) is 9.70. The van der Waals surface area contributed by atoms with Gasteiger partial charge in [-0.2, -0.15) is 4.98 Å². The summed E-state index contributed by atoms with van der Waals surface area (Å²) in [5.74, 6) is 0.948. The summed E-state index contributed by atoms with van der Waals surface area (Å²) in [4.78, 5) is 7.84. The van der Waals surface area contributed by atoms with Crippen molar-refractivity contribution in [3.63, 3.8) is 0 Å². The molecule has 0 aromatic carbocycles. The quantitative estimate of drug-likeness (QED) is 0.773. The van der Waals surface area contributed by atoms with Gasteiger partial charge in [-0.05, 0) is 17.5 Å². The molecule has 1 rings (SSSR count). The summed E-state index contributed by atoms with van der Waals surface area (Å²) in [6.07, 6.45) is 1.49. The van der Waals surface area contributed by atoms with Crippen LogP contribution in [0.25, 0.3) is 0 Å². The largest absolute Gasteiger partial charge is 0.394 e. The molecule has 1 aromatic heterocycles. The molecular formula is C10H17ClN4O. The van der Waals surface area contributed by atoms with Gasteiger partial charge in [0.05, 0.1) is 24.5 Å². The number of nitrogen functional groups attached to an aromatic ring is 1. The molecule has 0 radical (unpaired) electrons. The minimum atomic E-state index is 0.137. The van der Waals surface area contributed by atoms with Gasteiger partial charge in [-0.3, -0.25) is 0 Å². The zero-order valence-corrected chi connectivity index (χ0v) is 10.5. The predicted molar refractivity (Wildman–Crippen MR) is 65.6 cm³/mol. The summed E-state index contributed by atoms with van der Waals surface area (Å²) < 4.78 is 5.13. The number of ether oxygens (including phenoxy) is 1. The van der Waals surface area contributed by atoms with E-state index in [1.54, 1.807) is 7.11 Å². The minimum absolute atomic E-state index is 0.137. The third-order valence-corrected chi connectivity index (χ3v) is 2.44. The Labute approximate surface area is 100 Å². The molecule has 5 nitrogen and oxygen atoms in total. The van der Waals surface area contributed by atoms with Crippen LogP contribution in [0.4, 0.5) is 11.5 Å². The van der Waals surface area contributed by atoms with Crippen molar-refractivity contribution in [3.05, 3.63) is 11.5 Å². The van der Waals surface area contributed by atoms with E-state index in [4.69, 9.17) is 22.1 Å². The molecule has 90 valence electrons. The van der Waals surface area contributed by atoms with Crippen LogP contribution in [0.1, 0.15) is 13.8 Å². The summed E-state index contributed by atoms with van der Waals surface area (Å²) in [6, 6.07) is 0.137. The number of hydrogen-bond donors (Lipinski definition) is 2. The average Bonchev–Trinajstić information content (AvgIpc) is 2.22. The third-order valence-electron chi connectivity index (χ3n) is 2.26. The lowest BCUT2D eigenvalue weighted by molar-refractivity contribution is 0.171. The Balaban J connectivity index is 2.80. The molecule has 1 unspecified atom stereocenters. The topological polar surface area (TPSA) is 73.1 Å². The molecule has 0 amide bonds. The molecule has 1 aromatic rings. The molecule has 0 bridgehead atoms. The third kappa shape index (κ3) is 3.50. The normalized spacial score (nSPS) is 12.8. The zero-order chi connectivity index (χ0) is 12.1. The monoisotopic (exact) mass is 244 g/mol. The number of anilines is 2. The van der Waals surface area contributed by atoms with Gasteiger partial charge >= 0.3 is 0 Å². The Morgan fingerprint density at radius 2 is 2.25 bits per heavy atom. The van der Waals surface area contributed by atoms with Crippen LogP contribution in [-0.4, -0.2) is 29.7 Å². The van der Waals surface area contributed by atoms with E-state index in [-0.39, 0.29) is 11.3 Å². The van der Waals surface area contributed by atoms with Crippen molar-refractivity contribution < 1.29 is 4.74 Å². The number of hydrogen-bond acceptors (Lipinski definition) is 5. The first-order chi connectivity index (χ1) is 7.54. The maximum Gasteiger partial charge on any atom is 0.224 e. The van der Waals surface area contributed by atoms with Crippen LogP contribution >= 0.6 is 11.6 Å². The van der Waals surface area contributed by atoms with Gasteiger partial charge in [0.1, 0.15) is 0 Å². The van der Waals surface area contributed by atoms with E-state index in [2.05, 4.69) is 29.1 Å². The lowest BCUT2D eigenvalue weighted by atomic mass is 10.1.